The van der Waals surface area contributed by atoms with E-state index in [0.717, 1.165) is 17.7 Å². The van der Waals surface area contributed by atoms with Crippen molar-refractivity contribution in [2.24, 2.45) is 0 Å². The van der Waals surface area contributed by atoms with E-state index in [0.29, 0.717) is 6.61 Å². The van der Waals surface area contributed by atoms with Gasteiger partial charge in [0.05, 0.1) is 24.7 Å². The largest absolute Gasteiger partial charge is 0.375 e. The van der Waals surface area contributed by atoms with Crippen molar-refractivity contribution in [3.05, 3.63) is 66.0 Å². The molecule has 2 saturated heterocycles. The Hall–Kier alpha value is -1.94. The summed E-state index contributed by atoms with van der Waals surface area (Å²) in [4.78, 5) is 1.67. The molecule has 2 aromatic rings. The van der Waals surface area contributed by atoms with Gasteiger partial charge in [0.15, 0.2) is 0 Å². The molecule has 0 unspecified atom stereocenters. The van der Waals surface area contributed by atoms with Gasteiger partial charge in [-0.2, -0.15) is 4.31 Å². The number of likely N-dealkylation sites (tertiary alicyclic amines) is 1. The predicted molar refractivity (Wildman–Crippen MR) is 105 cm³/mol. The standard InChI is InChI=1S/C21H23F3N2O3S/c22-17-6-8-20(9-7-17)30(27,28)25-11-19(12-25)26-15-21(23,24)10-18(26)14-29-13-16-4-2-1-3-5-16/h1-9,18-19H,10-15H2/t18-/m0/s1. The highest BCUT2D eigenvalue weighted by Crippen LogP contribution is 2.36. The van der Waals surface area contributed by atoms with E-state index >= 15 is 0 Å². The lowest BCUT2D eigenvalue weighted by atomic mass is 10.1. The SMILES string of the molecule is O=S(=O)(c1ccc(F)cc1)N1CC(N2CC(F)(F)C[C@H]2COCc2ccccc2)C1. The van der Waals surface area contributed by atoms with Gasteiger partial charge in [-0.25, -0.2) is 21.6 Å². The molecule has 2 heterocycles. The Bertz CT molecular complexity index is 965. The fraction of sp³-hybridized carbons (Fsp3) is 0.429. The number of ether oxygens (including phenoxy) is 1. The molecule has 2 fully saturated rings. The summed E-state index contributed by atoms with van der Waals surface area (Å²) >= 11 is 0. The average Bonchev–Trinajstić information content (AvgIpc) is 2.96. The lowest BCUT2D eigenvalue weighted by Gasteiger charge is -2.44. The molecule has 2 aliphatic heterocycles. The van der Waals surface area contributed by atoms with Gasteiger partial charge in [0.2, 0.25) is 10.0 Å². The minimum absolute atomic E-state index is 0.00292. The summed E-state index contributed by atoms with van der Waals surface area (Å²) in [5.41, 5.74) is 0.967. The first kappa shape index (κ1) is 21.3. The Labute approximate surface area is 174 Å². The van der Waals surface area contributed by atoms with Gasteiger partial charge in [-0.15, -0.1) is 0 Å². The van der Waals surface area contributed by atoms with Crippen LogP contribution in [0, 0.1) is 5.82 Å². The van der Waals surface area contributed by atoms with Gasteiger partial charge in [0.1, 0.15) is 5.82 Å². The smallest absolute Gasteiger partial charge is 0.262 e. The summed E-state index contributed by atoms with van der Waals surface area (Å²) in [5, 5.41) is 0. The number of benzene rings is 2. The van der Waals surface area contributed by atoms with Crippen LogP contribution in [0.15, 0.2) is 59.5 Å². The third-order valence-electron chi connectivity index (χ3n) is 5.59. The fourth-order valence-electron chi connectivity index (χ4n) is 3.97. The molecule has 0 aromatic heterocycles. The summed E-state index contributed by atoms with van der Waals surface area (Å²) in [6, 6.07) is 13.3. The third-order valence-corrected chi connectivity index (χ3v) is 7.43. The van der Waals surface area contributed by atoms with E-state index in [9.17, 15) is 21.6 Å². The van der Waals surface area contributed by atoms with Crippen molar-refractivity contribution in [3.63, 3.8) is 0 Å². The van der Waals surface area contributed by atoms with Crippen molar-refractivity contribution in [2.45, 2.75) is 35.9 Å². The number of rotatable bonds is 7. The lowest BCUT2D eigenvalue weighted by Crippen LogP contribution is -2.62. The predicted octanol–water partition coefficient (Wildman–Crippen LogP) is 3.13. The van der Waals surface area contributed by atoms with Crippen LogP contribution in [0.1, 0.15) is 12.0 Å². The monoisotopic (exact) mass is 440 g/mol. The molecule has 30 heavy (non-hydrogen) atoms. The maximum Gasteiger partial charge on any atom is 0.262 e. The zero-order valence-electron chi connectivity index (χ0n) is 16.3. The number of halogens is 3. The Balaban J connectivity index is 1.36. The van der Waals surface area contributed by atoms with Gasteiger partial charge in [0.25, 0.3) is 5.92 Å². The Kier molecular flexibility index (Phi) is 5.89. The first-order chi connectivity index (χ1) is 14.2. The molecule has 1 atom stereocenters. The molecule has 0 spiro atoms. The second kappa shape index (κ2) is 8.30. The van der Waals surface area contributed by atoms with Crippen LogP contribution in [0.5, 0.6) is 0 Å². The molecule has 0 amide bonds. The molecule has 0 N–H and O–H groups in total. The maximum atomic E-state index is 14.1. The molecule has 162 valence electrons. The number of hydrogen-bond acceptors (Lipinski definition) is 4. The molecule has 9 heteroatoms. The molecule has 0 radical (unpaired) electrons. The minimum Gasteiger partial charge on any atom is -0.375 e. The molecular formula is C21H23F3N2O3S. The molecular weight excluding hydrogens is 417 g/mol. The van der Waals surface area contributed by atoms with Crippen LogP contribution in [0.2, 0.25) is 0 Å². The Morgan fingerprint density at radius 2 is 1.70 bits per heavy atom. The molecule has 0 bridgehead atoms. The topological polar surface area (TPSA) is 49.9 Å². The zero-order chi connectivity index (χ0) is 21.4. The highest BCUT2D eigenvalue weighted by Gasteiger charge is 2.51. The van der Waals surface area contributed by atoms with Crippen LogP contribution in [-0.2, 0) is 21.4 Å². The van der Waals surface area contributed by atoms with Crippen molar-refractivity contribution in [3.8, 4) is 0 Å². The number of hydrogen-bond donors (Lipinski definition) is 0. The van der Waals surface area contributed by atoms with E-state index in [1.807, 2.05) is 30.3 Å². The van der Waals surface area contributed by atoms with Gasteiger partial charge in [-0.1, -0.05) is 30.3 Å². The normalized spacial score (nSPS) is 22.8. The van der Waals surface area contributed by atoms with Gasteiger partial charge in [0, 0.05) is 31.6 Å². The Morgan fingerprint density at radius 3 is 2.37 bits per heavy atom. The van der Waals surface area contributed by atoms with E-state index in [1.54, 1.807) is 4.90 Å². The van der Waals surface area contributed by atoms with Gasteiger partial charge in [-0.3, -0.25) is 4.90 Å². The number of alkyl halides is 2. The number of nitrogens with zero attached hydrogens (tertiary/aromatic N) is 2. The molecule has 0 aliphatic carbocycles. The van der Waals surface area contributed by atoms with Crippen LogP contribution in [-0.4, -0.2) is 61.9 Å². The zero-order valence-corrected chi connectivity index (χ0v) is 17.1. The van der Waals surface area contributed by atoms with Crippen LogP contribution in [0.3, 0.4) is 0 Å². The van der Waals surface area contributed by atoms with E-state index in [2.05, 4.69) is 0 Å². The van der Waals surface area contributed by atoms with E-state index in [-0.39, 0.29) is 37.1 Å². The molecule has 5 nitrogen and oxygen atoms in total. The first-order valence-corrected chi connectivity index (χ1v) is 11.2. The summed E-state index contributed by atoms with van der Waals surface area (Å²) in [6.07, 6.45) is -0.303. The highest BCUT2D eigenvalue weighted by molar-refractivity contribution is 7.89. The fourth-order valence-corrected chi connectivity index (χ4v) is 5.48. The van der Waals surface area contributed by atoms with Crippen molar-refractivity contribution in [1.82, 2.24) is 9.21 Å². The van der Waals surface area contributed by atoms with Crippen LogP contribution in [0.25, 0.3) is 0 Å². The number of sulfonamides is 1. The summed E-state index contributed by atoms with van der Waals surface area (Å²) in [6.45, 7) is 0.357. The van der Waals surface area contributed by atoms with E-state index in [1.165, 1.54) is 16.4 Å². The summed E-state index contributed by atoms with van der Waals surface area (Å²) in [5.74, 6) is -3.34. The van der Waals surface area contributed by atoms with Crippen molar-refractivity contribution >= 4 is 10.0 Å². The average molecular weight is 440 g/mol. The lowest BCUT2D eigenvalue weighted by molar-refractivity contribution is -0.00427. The van der Waals surface area contributed by atoms with Gasteiger partial charge in [-0.05, 0) is 29.8 Å². The first-order valence-electron chi connectivity index (χ1n) is 9.76. The van der Waals surface area contributed by atoms with E-state index < -0.39 is 34.3 Å². The molecule has 2 aliphatic rings. The van der Waals surface area contributed by atoms with E-state index in [4.69, 9.17) is 4.74 Å². The van der Waals surface area contributed by atoms with Gasteiger partial charge < -0.3 is 4.74 Å². The Morgan fingerprint density at radius 1 is 1.03 bits per heavy atom. The maximum absolute atomic E-state index is 14.1. The summed E-state index contributed by atoms with van der Waals surface area (Å²) < 4.78 is 73.4. The van der Waals surface area contributed by atoms with Crippen molar-refractivity contribution in [1.29, 1.82) is 0 Å². The van der Waals surface area contributed by atoms with Crippen LogP contribution >= 0.6 is 0 Å². The third kappa shape index (κ3) is 4.54. The minimum atomic E-state index is -3.76. The van der Waals surface area contributed by atoms with Gasteiger partial charge >= 0.3 is 0 Å². The van der Waals surface area contributed by atoms with Crippen molar-refractivity contribution < 1.29 is 26.3 Å². The van der Waals surface area contributed by atoms with Crippen LogP contribution < -0.4 is 0 Å². The second-order valence-corrected chi connectivity index (χ2v) is 9.75. The summed E-state index contributed by atoms with van der Waals surface area (Å²) in [7, 11) is -3.76. The quantitative estimate of drug-likeness (QED) is 0.664. The van der Waals surface area contributed by atoms with Crippen molar-refractivity contribution in [2.75, 3.05) is 26.2 Å². The molecule has 2 aromatic carbocycles. The highest BCUT2D eigenvalue weighted by atomic mass is 32.2. The molecule has 0 saturated carbocycles. The molecule has 4 rings (SSSR count). The van der Waals surface area contributed by atoms with Crippen LogP contribution in [0.4, 0.5) is 13.2 Å². The second-order valence-electron chi connectivity index (χ2n) is 7.82.